The van der Waals surface area contributed by atoms with Crippen molar-refractivity contribution < 1.29 is 24.2 Å². The van der Waals surface area contributed by atoms with Crippen molar-refractivity contribution in [2.75, 3.05) is 26.9 Å². The van der Waals surface area contributed by atoms with Crippen molar-refractivity contribution in [2.45, 2.75) is 6.54 Å². The molecule has 6 heteroatoms. The van der Waals surface area contributed by atoms with Gasteiger partial charge >= 0.3 is 5.97 Å². The monoisotopic (exact) mass is 265 g/mol. The molecule has 0 saturated carbocycles. The normalized spacial score (nSPS) is 15.4. The fourth-order valence-corrected chi connectivity index (χ4v) is 1.96. The summed E-state index contributed by atoms with van der Waals surface area (Å²) >= 11 is 0. The third-order valence-electron chi connectivity index (χ3n) is 2.97. The molecule has 0 spiro atoms. The average molecular weight is 265 g/mol. The summed E-state index contributed by atoms with van der Waals surface area (Å²) in [6.07, 6.45) is 0. The molecule has 0 bridgehead atoms. The highest BCUT2D eigenvalue weighted by Crippen LogP contribution is 2.22. The lowest BCUT2D eigenvalue weighted by Crippen LogP contribution is -2.41. The van der Waals surface area contributed by atoms with Gasteiger partial charge in [-0.2, -0.15) is 0 Å². The minimum Gasteiger partial charge on any atom is -0.496 e. The van der Waals surface area contributed by atoms with Crippen molar-refractivity contribution in [3.8, 4) is 5.75 Å². The van der Waals surface area contributed by atoms with Gasteiger partial charge in [-0.15, -0.1) is 0 Å². The highest BCUT2D eigenvalue weighted by molar-refractivity contribution is 5.88. The highest BCUT2D eigenvalue weighted by atomic mass is 16.5. The molecular formula is C13H15NO5. The molecule has 0 unspecified atom stereocenters. The predicted octanol–water partition coefficient (Wildman–Crippen LogP) is 0.752. The van der Waals surface area contributed by atoms with E-state index in [0.717, 1.165) is 0 Å². The Labute approximate surface area is 110 Å². The lowest BCUT2D eigenvalue weighted by Gasteiger charge is -2.27. The zero-order valence-electron chi connectivity index (χ0n) is 10.6. The van der Waals surface area contributed by atoms with E-state index in [1.165, 1.54) is 19.2 Å². The number of hydrogen-bond acceptors (Lipinski definition) is 4. The number of morpholine rings is 1. The summed E-state index contributed by atoms with van der Waals surface area (Å²) in [4.78, 5) is 24.3. The number of carboxylic acids is 1. The number of nitrogens with zero attached hydrogens (tertiary/aromatic N) is 1. The molecular weight excluding hydrogens is 250 g/mol. The van der Waals surface area contributed by atoms with Gasteiger partial charge in [0.2, 0.25) is 5.91 Å². The molecule has 0 radical (unpaired) electrons. The zero-order valence-corrected chi connectivity index (χ0v) is 10.6. The number of benzene rings is 1. The fraction of sp³-hybridized carbons (Fsp3) is 0.385. The third kappa shape index (κ3) is 3.03. The average Bonchev–Trinajstić information content (AvgIpc) is 2.41. The second kappa shape index (κ2) is 5.71. The molecule has 1 amide bonds. The second-order valence-electron chi connectivity index (χ2n) is 4.20. The van der Waals surface area contributed by atoms with Gasteiger partial charge in [-0.05, 0) is 18.2 Å². The number of hydrogen-bond donors (Lipinski definition) is 1. The maximum Gasteiger partial charge on any atom is 0.335 e. The standard InChI is InChI=1S/C13H15NO5/c1-18-11-3-2-9(13(16)17)6-10(11)7-14-4-5-19-8-12(14)15/h2-3,6H,4-5,7-8H2,1H3,(H,16,17). The summed E-state index contributed by atoms with van der Waals surface area (Å²) < 4.78 is 10.2. The molecule has 0 aliphatic carbocycles. The molecule has 0 aromatic heterocycles. The van der Waals surface area contributed by atoms with Gasteiger partial charge in [0.1, 0.15) is 12.4 Å². The van der Waals surface area contributed by atoms with Crippen LogP contribution in [0.5, 0.6) is 5.75 Å². The minimum atomic E-state index is -1.00. The molecule has 1 saturated heterocycles. The Kier molecular flexibility index (Phi) is 4.01. The Morgan fingerprint density at radius 2 is 2.32 bits per heavy atom. The molecule has 1 aromatic rings. The van der Waals surface area contributed by atoms with Crippen LogP contribution < -0.4 is 4.74 Å². The minimum absolute atomic E-state index is 0.0704. The van der Waals surface area contributed by atoms with Crippen molar-refractivity contribution in [2.24, 2.45) is 0 Å². The highest BCUT2D eigenvalue weighted by Gasteiger charge is 2.20. The molecule has 19 heavy (non-hydrogen) atoms. The van der Waals surface area contributed by atoms with E-state index in [0.29, 0.717) is 31.0 Å². The van der Waals surface area contributed by atoms with E-state index in [1.54, 1.807) is 11.0 Å². The number of aromatic carboxylic acids is 1. The van der Waals surface area contributed by atoms with E-state index in [-0.39, 0.29) is 18.1 Å². The Bertz CT molecular complexity index is 500. The molecule has 1 heterocycles. The van der Waals surface area contributed by atoms with Crippen molar-refractivity contribution >= 4 is 11.9 Å². The Morgan fingerprint density at radius 3 is 2.95 bits per heavy atom. The van der Waals surface area contributed by atoms with Crippen LogP contribution in [-0.4, -0.2) is 48.8 Å². The largest absolute Gasteiger partial charge is 0.496 e. The molecule has 102 valence electrons. The van der Waals surface area contributed by atoms with E-state index >= 15 is 0 Å². The number of methoxy groups -OCH3 is 1. The zero-order chi connectivity index (χ0) is 13.8. The van der Waals surface area contributed by atoms with Gasteiger partial charge in [-0.25, -0.2) is 4.79 Å². The summed E-state index contributed by atoms with van der Waals surface area (Å²) in [6, 6.07) is 4.61. The summed E-state index contributed by atoms with van der Waals surface area (Å²) in [7, 11) is 1.51. The molecule has 1 aromatic carbocycles. The van der Waals surface area contributed by atoms with Crippen LogP contribution in [0.2, 0.25) is 0 Å². The third-order valence-corrected chi connectivity index (χ3v) is 2.97. The van der Waals surface area contributed by atoms with E-state index in [9.17, 15) is 9.59 Å². The summed E-state index contributed by atoms with van der Waals surface area (Å²) in [5, 5.41) is 8.99. The van der Waals surface area contributed by atoms with Crippen molar-refractivity contribution in [1.29, 1.82) is 0 Å². The molecule has 1 aliphatic rings. The lowest BCUT2D eigenvalue weighted by atomic mass is 10.1. The maximum atomic E-state index is 11.7. The second-order valence-corrected chi connectivity index (χ2v) is 4.20. The predicted molar refractivity (Wildman–Crippen MR) is 66.2 cm³/mol. The number of amides is 1. The quantitative estimate of drug-likeness (QED) is 0.869. The number of carboxylic acid groups (broad SMARTS) is 1. The first-order valence-corrected chi connectivity index (χ1v) is 5.87. The van der Waals surface area contributed by atoms with Crippen LogP contribution in [0.1, 0.15) is 15.9 Å². The van der Waals surface area contributed by atoms with Crippen LogP contribution in [0, 0.1) is 0 Å². The van der Waals surface area contributed by atoms with Crippen LogP contribution >= 0.6 is 0 Å². The number of rotatable bonds is 4. The number of carbonyl (C=O) groups excluding carboxylic acids is 1. The molecule has 1 aliphatic heterocycles. The van der Waals surface area contributed by atoms with Crippen molar-refractivity contribution in [1.82, 2.24) is 4.90 Å². The fourth-order valence-electron chi connectivity index (χ4n) is 1.96. The Balaban J connectivity index is 2.23. The van der Waals surface area contributed by atoms with E-state index < -0.39 is 5.97 Å². The SMILES string of the molecule is COc1ccc(C(=O)O)cc1CN1CCOCC1=O. The molecule has 0 atom stereocenters. The first-order chi connectivity index (χ1) is 9.11. The van der Waals surface area contributed by atoms with Gasteiger partial charge in [-0.1, -0.05) is 0 Å². The first-order valence-electron chi connectivity index (χ1n) is 5.87. The molecule has 6 nitrogen and oxygen atoms in total. The smallest absolute Gasteiger partial charge is 0.335 e. The summed E-state index contributed by atoms with van der Waals surface area (Å²) in [6.45, 7) is 1.39. The van der Waals surface area contributed by atoms with Crippen LogP contribution in [-0.2, 0) is 16.1 Å². The molecule has 1 N–H and O–H groups in total. The lowest BCUT2D eigenvalue weighted by molar-refractivity contribution is -0.143. The van der Waals surface area contributed by atoms with Gasteiger partial charge in [0.25, 0.3) is 0 Å². The van der Waals surface area contributed by atoms with E-state index in [2.05, 4.69) is 0 Å². The van der Waals surface area contributed by atoms with Gasteiger partial charge in [0.15, 0.2) is 0 Å². The van der Waals surface area contributed by atoms with Crippen LogP contribution in [0.3, 0.4) is 0 Å². The maximum absolute atomic E-state index is 11.7. The molecule has 1 fully saturated rings. The van der Waals surface area contributed by atoms with Gasteiger partial charge < -0.3 is 19.5 Å². The van der Waals surface area contributed by atoms with Crippen LogP contribution in [0.25, 0.3) is 0 Å². The summed E-state index contributed by atoms with van der Waals surface area (Å²) in [5.74, 6) is -0.532. The van der Waals surface area contributed by atoms with Gasteiger partial charge in [0.05, 0.1) is 19.3 Å². The van der Waals surface area contributed by atoms with Crippen LogP contribution in [0.4, 0.5) is 0 Å². The number of carbonyl (C=O) groups is 2. The van der Waals surface area contributed by atoms with Gasteiger partial charge in [-0.3, -0.25) is 4.79 Å². The van der Waals surface area contributed by atoms with E-state index in [1.807, 2.05) is 0 Å². The van der Waals surface area contributed by atoms with Crippen molar-refractivity contribution in [3.63, 3.8) is 0 Å². The van der Waals surface area contributed by atoms with Crippen LogP contribution in [0.15, 0.2) is 18.2 Å². The first kappa shape index (κ1) is 13.4. The Morgan fingerprint density at radius 1 is 1.53 bits per heavy atom. The number of ether oxygens (including phenoxy) is 2. The van der Waals surface area contributed by atoms with Gasteiger partial charge in [0, 0.05) is 18.7 Å². The summed E-state index contributed by atoms with van der Waals surface area (Å²) in [5.41, 5.74) is 0.856. The topological polar surface area (TPSA) is 76.1 Å². The van der Waals surface area contributed by atoms with E-state index in [4.69, 9.17) is 14.6 Å². The van der Waals surface area contributed by atoms with Crippen molar-refractivity contribution in [3.05, 3.63) is 29.3 Å². The Hall–Kier alpha value is -2.08. The molecule has 2 rings (SSSR count).